The summed E-state index contributed by atoms with van der Waals surface area (Å²) in [6, 6.07) is 6.04. The van der Waals surface area contributed by atoms with Gasteiger partial charge in [-0.2, -0.15) is 5.10 Å². The molecule has 7 nitrogen and oxygen atoms in total. The van der Waals surface area contributed by atoms with Crippen molar-refractivity contribution in [3.8, 4) is 5.75 Å². The molecule has 0 unspecified atom stereocenters. The molecule has 1 amide bonds. The van der Waals surface area contributed by atoms with Gasteiger partial charge in [0.2, 0.25) is 0 Å². The topological polar surface area (TPSA) is 62.1 Å². The van der Waals surface area contributed by atoms with Gasteiger partial charge in [0.05, 0.1) is 16.7 Å². The second-order valence-electron chi connectivity index (χ2n) is 7.57. The molecule has 3 aliphatic heterocycles. The Labute approximate surface area is 145 Å². The largest absolute Gasteiger partial charge is 0.483 e. The SMILES string of the molecule is C[C@@H]1C(=O)NN=C2COc3cc4ccn(C5(C)CN(C)C5)c4cc3N21. The van der Waals surface area contributed by atoms with Crippen molar-refractivity contribution >= 4 is 28.3 Å². The van der Waals surface area contributed by atoms with E-state index in [-0.39, 0.29) is 17.5 Å². The van der Waals surface area contributed by atoms with E-state index in [4.69, 9.17) is 4.74 Å². The van der Waals surface area contributed by atoms with Gasteiger partial charge in [0.25, 0.3) is 5.91 Å². The highest BCUT2D eigenvalue weighted by Gasteiger charge is 2.40. The van der Waals surface area contributed by atoms with Gasteiger partial charge in [0.15, 0.2) is 5.84 Å². The summed E-state index contributed by atoms with van der Waals surface area (Å²) in [5.74, 6) is 1.45. The van der Waals surface area contributed by atoms with E-state index in [0.717, 1.165) is 41.3 Å². The van der Waals surface area contributed by atoms with Crippen LogP contribution in [0.1, 0.15) is 13.8 Å². The highest BCUT2D eigenvalue weighted by Crippen LogP contribution is 2.40. The van der Waals surface area contributed by atoms with E-state index in [9.17, 15) is 4.79 Å². The Morgan fingerprint density at radius 1 is 1.36 bits per heavy atom. The van der Waals surface area contributed by atoms with Crippen LogP contribution in [0.3, 0.4) is 0 Å². The predicted molar refractivity (Wildman–Crippen MR) is 96.1 cm³/mol. The van der Waals surface area contributed by atoms with Crippen molar-refractivity contribution in [3.05, 3.63) is 24.4 Å². The van der Waals surface area contributed by atoms with Gasteiger partial charge in [-0.3, -0.25) is 4.79 Å². The first-order chi connectivity index (χ1) is 12.0. The number of aromatic nitrogens is 1. The standard InChI is InChI=1S/C18H21N5O2/c1-11-17(24)20-19-16-8-25-15-6-12-4-5-22(18(2)9-21(3)10-18)13(12)7-14(15)23(11)16/h4-7,11H,8-10H2,1-3H3,(H,20,24)/t11-/m1/s1. The first kappa shape index (κ1) is 14.8. The minimum Gasteiger partial charge on any atom is -0.483 e. The molecule has 1 saturated heterocycles. The molecular formula is C18H21N5O2. The molecule has 1 atom stereocenters. The highest BCUT2D eigenvalue weighted by atomic mass is 16.5. The zero-order chi connectivity index (χ0) is 17.3. The minimum absolute atomic E-state index is 0.0975. The third kappa shape index (κ3) is 1.96. The first-order valence-electron chi connectivity index (χ1n) is 8.59. The van der Waals surface area contributed by atoms with E-state index >= 15 is 0 Å². The normalized spacial score (nSPS) is 24.8. The molecule has 0 spiro atoms. The minimum atomic E-state index is -0.304. The fourth-order valence-electron chi connectivity index (χ4n) is 4.39. The number of likely N-dealkylation sites (N-methyl/N-ethyl adjacent to an activating group) is 1. The lowest BCUT2D eigenvalue weighted by Crippen LogP contribution is -2.58. The number of hydrazone groups is 1. The van der Waals surface area contributed by atoms with Gasteiger partial charge in [-0.1, -0.05) is 0 Å². The molecule has 0 aliphatic carbocycles. The number of benzene rings is 1. The molecule has 7 heteroatoms. The van der Waals surface area contributed by atoms with Crippen LogP contribution in [0.4, 0.5) is 5.69 Å². The third-order valence-corrected chi connectivity index (χ3v) is 5.53. The molecular weight excluding hydrogens is 318 g/mol. The zero-order valence-electron chi connectivity index (χ0n) is 14.6. The lowest BCUT2D eigenvalue weighted by atomic mass is 9.92. The maximum atomic E-state index is 12.1. The fourth-order valence-corrected chi connectivity index (χ4v) is 4.39. The van der Waals surface area contributed by atoms with E-state index in [1.807, 2.05) is 11.8 Å². The van der Waals surface area contributed by atoms with E-state index < -0.39 is 0 Å². The molecule has 25 heavy (non-hydrogen) atoms. The maximum Gasteiger partial charge on any atom is 0.262 e. The van der Waals surface area contributed by atoms with Gasteiger partial charge < -0.3 is 19.1 Å². The Kier molecular flexibility index (Phi) is 2.81. The van der Waals surface area contributed by atoms with Gasteiger partial charge >= 0.3 is 0 Å². The molecule has 0 radical (unpaired) electrons. The highest BCUT2D eigenvalue weighted by molar-refractivity contribution is 6.10. The van der Waals surface area contributed by atoms with Crippen LogP contribution in [-0.2, 0) is 10.3 Å². The fraction of sp³-hybridized carbons (Fsp3) is 0.444. The van der Waals surface area contributed by atoms with Crippen molar-refractivity contribution < 1.29 is 9.53 Å². The van der Waals surface area contributed by atoms with Crippen LogP contribution >= 0.6 is 0 Å². The van der Waals surface area contributed by atoms with Crippen LogP contribution in [-0.4, -0.2) is 54.0 Å². The third-order valence-electron chi connectivity index (χ3n) is 5.53. The van der Waals surface area contributed by atoms with Gasteiger partial charge in [0.1, 0.15) is 18.4 Å². The Morgan fingerprint density at radius 2 is 2.16 bits per heavy atom. The molecule has 130 valence electrons. The summed E-state index contributed by atoms with van der Waals surface area (Å²) in [5, 5.41) is 5.32. The van der Waals surface area contributed by atoms with Crippen LogP contribution < -0.4 is 15.1 Å². The molecule has 0 saturated carbocycles. The maximum absolute atomic E-state index is 12.1. The molecule has 1 aromatic carbocycles. The van der Waals surface area contributed by atoms with Crippen molar-refractivity contribution in [2.45, 2.75) is 25.4 Å². The van der Waals surface area contributed by atoms with Gasteiger partial charge in [-0.25, -0.2) is 5.43 Å². The number of amides is 1. The first-order valence-corrected chi connectivity index (χ1v) is 8.59. The van der Waals surface area contributed by atoms with Crippen LogP contribution in [0, 0.1) is 0 Å². The number of nitrogens with zero attached hydrogens (tertiary/aromatic N) is 4. The molecule has 0 bridgehead atoms. The van der Waals surface area contributed by atoms with Crippen molar-refractivity contribution in [3.63, 3.8) is 0 Å². The summed E-state index contributed by atoms with van der Waals surface area (Å²) in [6.07, 6.45) is 2.16. The Morgan fingerprint density at radius 3 is 2.92 bits per heavy atom. The van der Waals surface area contributed by atoms with E-state index in [1.54, 1.807) is 0 Å². The van der Waals surface area contributed by atoms with Crippen LogP contribution in [0.5, 0.6) is 5.75 Å². The molecule has 1 aromatic heterocycles. The van der Waals surface area contributed by atoms with E-state index in [1.165, 1.54) is 0 Å². The van der Waals surface area contributed by atoms with Crippen molar-refractivity contribution in [1.82, 2.24) is 14.9 Å². The Bertz CT molecular complexity index is 925. The van der Waals surface area contributed by atoms with Gasteiger partial charge in [-0.05, 0) is 39.1 Å². The lowest BCUT2D eigenvalue weighted by Gasteiger charge is -2.47. The molecule has 1 N–H and O–H groups in total. The number of anilines is 1. The summed E-state index contributed by atoms with van der Waals surface area (Å²) in [7, 11) is 2.14. The van der Waals surface area contributed by atoms with Gasteiger partial charge in [-0.15, -0.1) is 0 Å². The monoisotopic (exact) mass is 339 g/mol. The summed E-state index contributed by atoms with van der Waals surface area (Å²) in [6.45, 7) is 6.60. The number of rotatable bonds is 1. The second-order valence-corrected chi connectivity index (χ2v) is 7.57. The molecule has 5 rings (SSSR count). The number of fused-ring (bicyclic) bond motifs is 4. The quantitative estimate of drug-likeness (QED) is 0.852. The summed E-state index contributed by atoms with van der Waals surface area (Å²) >= 11 is 0. The number of ether oxygens (including phenoxy) is 1. The van der Waals surface area contributed by atoms with E-state index in [2.05, 4.69) is 58.4 Å². The smallest absolute Gasteiger partial charge is 0.262 e. The summed E-state index contributed by atoms with van der Waals surface area (Å²) < 4.78 is 8.25. The van der Waals surface area contributed by atoms with Crippen molar-refractivity contribution in [2.24, 2.45) is 5.10 Å². The average molecular weight is 339 g/mol. The number of carbonyl (C=O) groups is 1. The van der Waals surface area contributed by atoms with Crippen molar-refractivity contribution in [1.29, 1.82) is 0 Å². The lowest BCUT2D eigenvalue weighted by molar-refractivity contribution is -0.122. The number of likely N-dealkylation sites (tertiary alicyclic amines) is 1. The number of nitrogens with one attached hydrogen (secondary N) is 1. The number of hydrogen-bond donors (Lipinski definition) is 1. The number of hydrogen-bond acceptors (Lipinski definition) is 5. The molecule has 2 aromatic rings. The summed E-state index contributed by atoms with van der Waals surface area (Å²) in [4.78, 5) is 16.4. The van der Waals surface area contributed by atoms with Crippen LogP contribution in [0.2, 0.25) is 0 Å². The van der Waals surface area contributed by atoms with Gasteiger partial charge in [0, 0.05) is 24.7 Å². The Hall–Kier alpha value is -2.54. The Balaban J connectivity index is 1.67. The predicted octanol–water partition coefficient (Wildman–Crippen LogP) is 1.33. The number of amidine groups is 1. The molecule has 1 fully saturated rings. The second kappa shape index (κ2) is 4.76. The van der Waals surface area contributed by atoms with Crippen LogP contribution in [0.15, 0.2) is 29.5 Å². The van der Waals surface area contributed by atoms with Crippen molar-refractivity contribution in [2.75, 3.05) is 31.6 Å². The zero-order valence-corrected chi connectivity index (χ0v) is 14.6. The molecule has 4 heterocycles. The van der Waals surface area contributed by atoms with Crippen LogP contribution in [0.25, 0.3) is 10.9 Å². The van der Waals surface area contributed by atoms with E-state index in [0.29, 0.717) is 6.61 Å². The summed E-state index contributed by atoms with van der Waals surface area (Å²) in [5.41, 5.74) is 4.75. The number of carbonyl (C=O) groups excluding carboxylic acids is 1. The average Bonchev–Trinajstić information content (AvgIpc) is 2.98. The molecule has 3 aliphatic rings.